The number of amides is 2. The zero-order valence-corrected chi connectivity index (χ0v) is 11.5. The van der Waals surface area contributed by atoms with Gasteiger partial charge in [0, 0.05) is 34.8 Å². The van der Waals surface area contributed by atoms with Gasteiger partial charge >= 0.3 is 0 Å². The lowest BCUT2D eigenvalue weighted by Crippen LogP contribution is -2.49. The molecule has 1 heterocycles. The number of halogens is 2. The fourth-order valence-electron chi connectivity index (χ4n) is 1.76. The summed E-state index contributed by atoms with van der Waals surface area (Å²) < 4.78 is 0. The number of piperazine rings is 1. The van der Waals surface area contributed by atoms with Gasteiger partial charge in [-0.3, -0.25) is 9.59 Å². The van der Waals surface area contributed by atoms with Crippen LogP contribution in [0.3, 0.4) is 0 Å². The van der Waals surface area contributed by atoms with Crippen molar-refractivity contribution in [1.82, 2.24) is 10.2 Å². The Morgan fingerprint density at radius 3 is 2.63 bits per heavy atom. The molecule has 0 radical (unpaired) electrons. The second kappa shape index (κ2) is 6.08. The van der Waals surface area contributed by atoms with Crippen LogP contribution < -0.4 is 5.32 Å². The minimum atomic E-state index is -0.231. The molecule has 1 fully saturated rings. The molecular formula is C13H12Cl2N2O2. The zero-order chi connectivity index (χ0) is 13.8. The van der Waals surface area contributed by atoms with Crippen LogP contribution in [-0.4, -0.2) is 36.3 Å². The van der Waals surface area contributed by atoms with E-state index in [1.165, 1.54) is 11.0 Å². The molecule has 1 aromatic rings. The molecular weight excluding hydrogens is 287 g/mol. The number of benzene rings is 1. The Hall–Kier alpha value is -1.52. The Kier molecular flexibility index (Phi) is 4.45. The molecule has 6 heteroatoms. The van der Waals surface area contributed by atoms with E-state index in [2.05, 4.69) is 5.32 Å². The van der Waals surface area contributed by atoms with Crippen molar-refractivity contribution in [3.05, 3.63) is 39.9 Å². The first-order chi connectivity index (χ1) is 9.08. The third-order valence-corrected chi connectivity index (χ3v) is 3.40. The van der Waals surface area contributed by atoms with E-state index in [0.717, 1.165) is 0 Å². The van der Waals surface area contributed by atoms with E-state index in [1.807, 2.05) is 0 Å². The number of carbonyl (C=O) groups excluding carboxylic acids is 2. The van der Waals surface area contributed by atoms with E-state index in [0.29, 0.717) is 28.7 Å². The van der Waals surface area contributed by atoms with Crippen LogP contribution >= 0.6 is 23.2 Å². The van der Waals surface area contributed by atoms with Crippen molar-refractivity contribution in [2.75, 3.05) is 19.6 Å². The van der Waals surface area contributed by atoms with E-state index >= 15 is 0 Å². The lowest BCUT2D eigenvalue weighted by atomic mass is 10.2. The van der Waals surface area contributed by atoms with Crippen LogP contribution in [-0.2, 0) is 9.59 Å². The van der Waals surface area contributed by atoms with Gasteiger partial charge in [-0.15, -0.1) is 0 Å². The monoisotopic (exact) mass is 298 g/mol. The van der Waals surface area contributed by atoms with Crippen LogP contribution in [0.15, 0.2) is 24.3 Å². The Labute approximate surface area is 121 Å². The highest BCUT2D eigenvalue weighted by molar-refractivity contribution is 6.37. The average Bonchev–Trinajstić information content (AvgIpc) is 2.38. The summed E-state index contributed by atoms with van der Waals surface area (Å²) in [7, 11) is 0. The van der Waals surface area contributed by atoms with Gasteiger partial charge in [-0.2, -0.15) is 0 Å². The maximum Gasteiger partial charge on any atom is 0.247 e. The van der Waals surface area contributed by atoms with Gasteiger partial charge in [-0.05, 0) is 18.2 Å². The van der Waals surface area contributed by atoms with E-state index in [-0.39, 0.29) is 18.4 Å². The molecule has 0 aliphatic carbocycles. The molecule has 1 aliphatic rings. The highest BCUT2D eigenvalue weighted by Gasteiger charge is 2.19. The van der Waals surface area contributed by atoms with Crippen molar-refractivity contribution in [1.29, 1.82) is 0 Å². The zero-order valence-electron chi connectivity index (χ0n) is 10.0. The Balaban J connectivity index is 2.10. The molecule has 0 saturated carbocycles. The summed E-state index contributed by atoms with van der Waals surface area (Å²) in [5.41, 5.74) is 0.598. The Bertz CT molecular complexity index is 523. The van der Waals surface area contributed by atoms with Gasteiger partial charge in [0.2, 0.25) is 11.8 Å². The number of hydrogen-bond acceptors (Lipinski definition) is 2. The summed E-state index contributed by atoms with van der Waals surface area (Å²) in [5.74, 6) is -0.380. The second-order valence-electron chi connectivity index (χ2n) is 4.08. The van der Waals surface area contributed by atoms with E-state index in [9.17, 15) is 9.59 Å². The van der Waals surface area contributed by atoms with Gasteiger partial charge in [0.25, 0.3) is 0 Å². The van der Waals surface area contributed by atoms with Gasteiger partial charge < -0.3 is 10.2 Å². The van der Waals surface area contributed by atoms with Crippen molar-refractivity contribution in [3.8, 4) is 0 Å². The van der Waals surface area contributed by atoms with Gasteiger partial charge in [-0.25, -0.2) is 0 Å². The number of rotatable bonds is 2. The first-order valence-corrected chi connectivity index (χ1v) is 6.51. The van der Waals surface area contributed by atoms with Crippen molar-refractivity contribution in [2.45, 2.75) is 0 Å². The molecule has 4 nitrogen and oxygen atoms in total. The smallest absolute Gasteiger partial charge is 0.247 e. The maximum atomic E-state index is 11.9. The van der Waals surface area contributed by atoms with Gasteiger partial charge in [-0.1, -0.05) is 29.3 Å². The molecule has 0 bridgehead atoms. The third kappa shape index (κ3) is 3.49. The molecule has 1 aliphatic heterocycles. The van der Waals surface area contributed by atoms with Crippen molar-refractivity contribution in [3.63, 3.8) is 0 Å². The molecule has 2 amide bonds. The van der Waals surface area contributed by atoms with Crippen LogP contribution in [0.4, 0.5) is 0 Å². The predicted octanol–water partition coefficient (Wildman–Crippen LogP) is 1.97. The van der Waals surface area contributed by atoms with Crippen LogP contribution in [0.5, 0.6) is 0 Å². The SMILES string of the molecule is O=C1CN(C(=O)C=Cc2c(Cl)cccc2Cl)CCN1. The van der Waals surface area contributed by atoms with E-state index < -0.39 is 0 Å². The largest absolute Gasteiger partial charge is 0.353 e. The highest BCUT2D eigenvalue weighted by Crippen LogP contribution is 2.25. The lowest BCUT2D eigenvalue weighted by molar-refractivity contribution is -0.134. The highest BCUT2D eigenvalue weighted by atomic mass is 35.5. The molecule has 0 spiro atoms. The molecule has 2 rings (SSSR count). The standard InChI is InChI=1S/C13H12Cl2N2O2/c14-10-2-1-3-11(15)9(10)4-5-13(19)17-7-6-16-12(18)8-17/h1-5H,6-8H2,(H,16,18). The quantitative estimate of drug-likeness (QED) is 0.849. The summed E-state index contributed by atoms with van der Waals surface area (Å²) in [6.07, 6.45) is 2.95. The van der Waals surface area contributed by atoms with E-state index in [1.54, 1.807) is 24.3 Å². The molecule has 0 aromatic heterocycles. The number of carbonyl (C=O) groups is 2. The fourth-order valence-corrected chi connectivity index (χ4v) is 2.28. The first kappa shape index (κ1) is 13.9. The van der Waals surface area contributed by atoms with Crippen molar-refractivity contribution < 1.29 is 9.59 Å². The molecule has 0 unspecified atom stereocenters. The summed E-state index contributed by atoms with van der Waals surface area (Å²) in [4.78, 5) is 24.6. The topological polar surface area (TPSA) is 49.4 Å². The first-order valence-electron chi connectivity index (χ1n) is 5.75. The van der Waals surface area contributed by atoms with Crippen LogP contribution in [0.1, 0.15) is 5.56 Å². The molecule has 19 heavy (non-hydrogen) atoms. The van der Waals surface area contributed by atoms with Gasteiger partial charge in [0.15, 0.2) is 0 Å². The Morgan fingerprint density at radius 2 is 2.00 bits per heavy atom. The van der Waals surface area contributed by atoms with Crippen LogP contribution in [0.25, 0.3) is 6.08 Å². The van der Waals surface area contributed by atoms with Crippen LogP contribution in [0.2, 0.25) is 10.0 Å². The Morgan fingerprint density at radius 1 is 1.32 bits per heavy atom. The third-order valence-electron chi connectivity index (χ3n) is 2.74. The number of nitrogens with zero attached hydrogens (tertiary/aromatic N) is 1. The lowest BCUT2D eigenvalue weighted by Gasteiger charge is -2.25. The van der Waals surface area contributed by atoms with Crippen molar-refractivity contribution >= 4 is 41.1 Å². The second-order valence-corrected chi connectivity index (χ2v) is 4.89. The van der Waals surface area contributed by atoms with Crippen molar-refractivity contribution in [2.24, 2.45) is 0 Å². The molecule has 1 saturated heterocycles. The van der Waals surface area contributed by atoms with Gasteiger partial charge in [0.05, 0.1) is 6.54 Å². The number of hydrogen-bond donors (Lipinski definition) is 1. The predicted molar refractivity (Wildman–Crippen MR) is 75.1 cm³/mol. The van der Waals surface area contributed by atoms with E-state index in [4.69, 9.17) is 23.2 Å². The molecule has 1 aromatic carbocycles. The average molecular weight is 299 g/mol. The summed E-state index contributed by atoms with van der Waals surface area (Å²) >= 11 is 12.0. The molecule has 0 atom stereocenters. The van der Waals surface area contributed by atoms with Crippen LogP contribution in [0, 0.1) is 0 Å². The normalized spacial score (nSPS) is 15.7. The summed E-state index contributed by atoms with van der Waals surface area (Å²) in [6.45, 7) is 1.07. The molecule has 1 N–H and O–H groups in total. The molecule has 100 valence electrons. The van der Waals surface area contributed by atoms with Gasteiger partial charge in [0.1, 0.15) is 0 Å². The number of nitrogens with one attached hydrogen (secondary N) is 1. The summed E-state index contributed by atoms with van der Waals surface area (Å²) in [6, 6.07) is 5.14. The fraction of sp³-hybridized carbons (Fsp3) is 0.231. The maximum absolute atomic E-state index is 11.9. The summed E-state index contributed by atoms with van der Waals surface area (Å²) in [5, 5.41) is 3.62. The minimum absolute atomic E-state index is 0.0828. The minimum Gasteiger partial charge on any atom is -0.353 e.